The molecule has 0 bridgehead atoms. The van der Waals surface area contributed by atoms with Gasteiger partial charge in [0.05, 0.1) is 5.56 Å². The topological polar surface area (TPSA) is 113 Å². The average molecular weight is 391 g/mol. The van der Waals surface area contributed by atoms with Crippen LogP contribution in [0.1, 0.15) is 16.8 Å². The van der Waals surface area contributed by atoms with Gasteiger partial charge in [0.1, 0.15) is 17.4 Å². The molecule has 1 aromatic heterocycles. The van der Waals surface area contributed by atoms with Gasteiger partial charge in [-0.3, -0.25) is 9.59 Å². The normalized spacial score (nSPS) is 19.6. The molecule has 1 unspecified atom stereocenters. The summed E-state index contributed by atoms with van der Waals surface area (Å²) >= 11 is 0. The van der Waals surface area contributed by atoms with Crippen LogP contribution in [0.15, 0.2) is 46.6 Å². The number of amides is 1. The van der Waals surface area contributed by atoms with Crippen molar-refractivity contribution in [2.75, 3.05) is 26.0 Å². The quantitative estimate of drug-likeness (QED) is 0.808. The zero-order valence-electron chi connectivity index (χ0n) is 16.4. The van der Waals surface area contributed by atoms with E-state index < -0.39 is 11.3 Å². The molecule has 3 heterocycles. The zero-order valence-corrected chi connectivity index (χ0v) is 16.4. The maximum absolute atomic E-state index is 13.6. The number of fused-ring (bicyclic) bond motifs is 4. The second-order valence-electron chi connectivity index (χ2n) is 7.49. The summed E-state index contributed by atoms with van der Waals surface area (Å²) in [5.41, 5.74) is 5.86. The number of hydrogen-bond acceptors (Lipinski definition) is 6. The van der Waals surface area contributed by atoms with E-state index in [0.717, 1.165) is 0 Å². The SMILES string of the molecule is Cc1cc2c(c(=O)n1CCN(C)C)C1(C(=O)Nc3ccccc31)C(C#N)=C(N)O2. The molecule has 1 amide bonds. The number of para-hydroxylation sites is 1. The van der Waals surface area contributed by atoms with Gasteiger partial charge in [-0.1, -0.05) is 18.2 Å². The lowest BCUT2D eigenvalue weighted by molar-refractivity contribution is -0.118. The predicted octanol–water partition coefficient (Wildman–Crippen LogP) is 1.04. The predicted molar refractivity (Wildman–Crippen MR) is 107 cm³/mol. The second kappa shape index (κ2) is 6.50. The first-order valence-corrected chi connectivity index (χ1v) is 9.21. The number of rotatable bonds is 3. The van der Waals surface area contributed by atoms with Crippen LogP contribution in [0.2, 0.25) is 0 Å². The van der Waals surface area contributed by atoms with Gasteiger partial charge in [0.15, 0.2) is 5.41 Å². The van der Waals surface area contributed by atoms with Gasteiger partial charge >= 0.3 is 0 Å². The maximum atomic E-state index is 13.6. The molecule has 0 saturated carbocycles. The molecule has 0 saturated heterocycles. The van der Waals surface area contributed by atoms with Crippen LogP contribution < -0.4 is 21.3 Å². The van der Waals surface area contributed by atoms with E-state index in [1.165, 1.54) is 0 Å². The van der Waals surface area contributed by atoms with Gasteiger partial charge in [0.2, 0.25) is 11.8 Å². The Morgan fingerprint density at radius 2 is 2.03 bits per heavy atom. The fourth-order valence-corrected chi connectivity index (χ4v) is 4.12. The molecule has 0 radical (unpaired) electrons. The van der Waals surface area contributed by atoms with Gasteiger partial charge < -0.3 is 25.3 Å². The summed E-state index contributed by atoms with van der Waals surface area (Å²) < 4.78 is 7.26. The molecule has 1 spiro atoms. The number of aryl methyl sites for hydroxylation is 1. The molecule has 0 fully saturated rings. The van der Waals surface area contributed by atoms with Crippen LogP contribution in [0.4, 0.5) is 5.69 Å². The third kappa shape index (κ3) is 2.48. The summed E-state index contributed by atoms with van der Waals surface area (Å²) in [7, 11) is 3.84. The van der Waals surface area contributed by atoms with Crippen LogP contribution in [-0.4, -0.2) is 36.0 Å². The van der Waals surface area contributed by atoms with Crippen molar-refractivity contribution in [3.63, 3.8) is 0 Å². The largest absolute Gasteiger partial charge is 0.440 e. The Kier molecular flexibility index (Phi) is 4.21. The van der Waals surface area contributed by atoms with Gasteiger partial charge in [0.25, 0.3) is 5.56 Å². The monoisotopic (exact) mass is 391 g/mol. The molecule has 8 heteroatoms. The smallest absolute Gasteiger partial charge is 0.259 e. The van der Waals surface area contributed by atoms with Crippen molar-refractivity contribution < 1.29 is 9.53 Å². The Balaban J connectivity index is 2.09. The van der Waals surface area contributed by atoms with Crippen LogP contribution in [-0.2, 0) is 16.8 Å². The minimum Gasteiger partial charge on any atom is -0.440 e. The van der Waals surface area contributed by atoms with Gasteiger partial charge in [-0.05, 0) is 27.1 Å². The van der Waals surface area contributed by atoms with E-state index in [-0.39, 0.29) is 28.3 Å². The number of nitriles is 1. The van der Waals surface area contributed by atoms with Crippen molar-refractivity contribution in [2.24, 2.45) is 5.73 Å². The molecule has 2 aliphatic rings. The molecule has 1 atom stereocenters. The molecule has 0 aliphatic carbocycles. The number of nitrogens with two attached hydrogens (primary N) is 1. The summed E-state index contributed by atoms with van der Waals surface area (Å²) in [6.45, 7) is 2.88. The van der Waals surface area contributed by atoms with E-state index in [2.05, 4.69) is 5.32 Å². The number of carbonyl (C=O) groups excluding carboxylic acids is 1. The number of carbonyl (C=O) groups is 1. The number of nitrogens with one attached hydrogen (secondary N) is 1. The van der Waals surface area contributed by atoms with Crippen LogP contribution >= 0.6 is 0 Å². The van der Waals surface area contributed by atoms with Crippen molar-refractivity contribution in [1.82, 2.24) is 9.47 Å². The Labute approximate surface area is 167 Å². The molecule has 148 valence electrons. The summed E-state index contributed by atoms with van der Waals surface area (Å²) in [5.74, 6) is -0.448. The highest BCUT2D eigenvalue weighted by Gasteiger charge is 2.58. The first kappa shape index (κ1) is 18.8. The highest BCUT2D eigenvalue weighted by Crippen LogP contribution is 2.51. The van der Waals surface area contributed by atoms with E-state index in [9.17, 15) is 14.9 Å². The van der Waals surface area contributed by atoms with Crippen molar-refractivity contribution in [1.29, 1.82) is 5.26 Å². The average Bonchev–Trinajstić information content (AvgIpc) is 2.94. The lowest BCUT2D eigenvalue weighted by Gasteiger charge is -2.33. The Morgan fingerprint density at radius 3 is 2.72 bits per heavy atom. The first-order valence-electron chi connectivity index (χ1n) is 9.21. The molecule has 8 nitrogen and oxygen atoms in total. The van der Waals surface area contributed by atoms with Crippen molar-refractivity contribution in [3.8, 4) is 11.8 Å². The number of pyridine rings is 1. The van der Waals surface area contributed by atoms with E-state index in [0.29, 0.717) is 30.0 Å². The Morgan fingerprint density at radius 1 is 1.31 bits per heavy atom. The van der Waals surface area contributed by atoms with Crippen LogP contribution in [0.3, 0.4) is 0 Å². The summed E-state index contributed by atoms with van der Waals surface area (Å²) in [5, 5.41) is 12.7. The number of aromatic nitrogens is 1. The molecule has 4 rings (SSSR count). The molecule has 3 N–H and O–H groups in total. The third-order valence-corrected chi connectivity index (χ3v) is 5.49. The van der Waals surface area contributed by atoms with E-state index in [1.807, 2.05) is 25.1 Å². The number of benzene rings is 1. The van der Waals surface area contributed by atoms with Crippen LogP contribution in [0.5, 0.6) is 5.75 Å². The number of likely N-dealkylation sites (N-methyl/N-ethyl adjacent to an activating group) is 1. The number of hydrogen-bond donors (Lipinski definition) is 2. The lowest BCUT2D eigenvalue weighted by Crippen LogP contribution is -2.48. The number of anilines is 1. The zero-order chi connectivity index (χ0) is 20.9. The fourth-order valence-electron chi connectivity index (χ4n) is 4.12. The standard InChI is InChI=1S/C21H21N5O3/c1-12-10-16-17(19(27)26(12)9-8-25(2)3)21(14(11-22)18(23)29-16)13-6-4-5-7-15(13)24-20(21)28/h4-7,10H,8-9,23H2,1-3H3,(H,24,28). The minimum atomic E-state index is -1.63. The Hall–Kier alpha value is -3.57. The van der Waals surface area contributed by atoms with E-state index in [4.69, 9.17) is 10.5 Å². The Bertz CT molecular complexity index is 1170. The van der Waals surface area contributed by atoms with Crippen LogP contribution in [0, 0.1) is 18.3 Å². The summed E-state index contributed by atoms with van der Waals surface area (Å²) in [6, 6.07) is 10.7. The third-order valence-electron chi connectivity index (χ3n) is 5.49. The van der Waals surface area contributed by atoms with Gasteiger partial charge in [-0.25, -0.2) is 0 Å². The highest BCUT2D eigenvalue weighted by molar-refractivity contribution is 6.12. The molecule has 2 aliphatic heterocycles. The van der Waals surface area contributed by atoms with Gasteiger partial charge in [-0.15, -0.1) is 0 Å². The van der Waals surface area contributed by atoms with E-state index in [1.54, 1.807) is 41.8 Å². The molecular weight excluding hydrogens is 370 g/mol. The molecule has 29 heavy (non-hydrogen) atoms. The van der Waals surface area contributed by atoms with Gasteiger partial charge in [0, 0.05) is 36.1 Å². The van der Waals surface area contributed by atoms with Crippen LogP contribution in [0.25, 0.3) is 0 Å². The van der Waals surface area contributed by atoms with Gasteiger partial charge in [-0.2, -0.15) is 5.26 Å². The molecular formula is C21H21N5O3. The van der Waals surface area contributed by atoms with Crippen molar-refractivity contribution in [3.05, 3.63) is 69.0 Å². The summed E-state index contributed by atoms with van der Waals surface area (Å²) in [4.78, 5) is 28.9. The van der Waals surface area contributed by atoms with Crippen molar-refractivity contribution in [2.45, 2.75) is 18.9 Å². The second-order valence-corrected chi connectivity index (χ2v) is 7.49. The maximum Gasteiger partial charge on any atom is 0.259 e. The molecule has 1 aromatic carbocycles. The molecule has 2 aromatic rings. The first-order chi connectivity index (χ1) is 13.8. The van der Waals surface area contributed by atoms with E-state index >= 15 is 0 Å². The number of ether oxygens (including phenoxy) is 1. The fraction of sp³-hybridized carbons (Fsp3) is 0.286. The van der Waals surface area contributed by atoms with Crippen molar-refractivity contribution >= 4 is 11.6 Å². The minimum absolute atomic E-state index is 0.0763. The lowest BCUT2D eigenvalue weighted by atomic mass is 9.69. The summed E-state index contributed by atoms with van der Waals surface area (Å²) in [6.07, 6.45) is 0. The highest BCUT2D eigenvalue weighted by atomic mass is 16.5. The number of nitrogens with zero attached hydrogens (tertiary/aromatic N) is 3.